The highest BCUT2D eigenvalue weighted by Crippen LogP contribution is 2.26. The average molecular weight is 523 g/mol. The van der Waals surface area contributed by atoms with Crippen LogP contribution in [0.15, 0.2) is 71.3 Å². The second-order valence-corrected chi connectivity index (χ2v) is 8.64. The van der Waals surface area contributed by atoms with Gasteiger partial charge in [0.25, 0.3) is 5.56 Å². The molecule has 1 aliphatic rings. The number of alkyl halides is 2. The maximum atomic E-state index is 13.9. The molecule has 0 aliphatic heterocycles. The third kappa shape index (κ3) is 6.12. The number of hydrogen-bond acceptors (Lipinski definition) is 8. The molecule has 3 aromatic rings. The van der Waals surface area contributed by atoms with Gasteiger partial charge in [0.2, 0.25) is 0 Å². The van der Waals surface area contributed by atoms with E-state index < -0.39 is 6.61 Å². The molecule has 1 aromatic carbocycles. The van der Waals surface area contributed by atoms with Crippen LogP contribution in [0.2, 0.25) is 0 Å². The zero-order valence-corrected chi connectivity index (χ0v) is 21.2. The largest absolute Gasteiger partial charge is 0.464 e. The molecule has 0 spiro atoms. The van der Waals surface area contributed by atoms with E-state index >= 15 is 0 Å². The summed E-state index contributed by atoms with van der Waals surface area (Å²) in [6.07, 6.45) is 8.44. The van der Waals surface area contributed by atoms with Crippen LogP contribution in [-0.4, -0.2) is 65.5 Å². The summed E-state index contributed by atoms with van der Waals surface area (Å²) >= 11 is 0. The van der Waals surface area contributed by atoms with Crippen LogP contribution in [0, 0.1) is 5.41 Å². The molecule has 2 N–H and O–H groups in total. The van der Waals surface area contributed by atoms with Crippen molar-refractivity contribution in [2.75, 3.05) is 33.8 Å². The SMILES string of the molecule is CCOc1ncc2cc(C3=C/C(=C/NCCN(C)C)C(=N)C=C3)c(=O)n(-c3ccc(OC(F)F)cc3)c2n1. The van der Waals surface area contributed by atoms with E-state index in [1.165, 1.54) is 28.8 Å². The molecular formula is C27H28F2N6O3. The zero-order valence-electron chi connectivity index (χ0n) is 21.2. The maximum absolute atomic E-state index is 13.9. The Morgan fingerprint density at radius 1 is 1.21 bits per heavy atom. The Morgan fingerprint density at radius 2 is 1.97 bits per heavy atom. The first-order chi connectivity index (χ1) is 18.3. The summed E-state index contributed by atoms with van der Waals surface area (Å²) < 4.78 is 36.5. The van der Waals surface area contributed by atoms with Gasteiger partial charge >= 0.3 is 12.6 Å². The fourth-order valence-electron chi connectivity index (χ4n) is 3.82. The smallest absolute Gasteiger partial charge is 0.387 e. The second-order valence-electron chi connectivity index (χ2n) is 8.64. The van der Waals surface area contributed by atoms with E-state index in [0.29, 0.717) is 52.3 Å². The predicted molar refractivity (Wildman–Crippen MR) is 142 cm³/mol. The van der Waals surface area contributed by atoms with Crippen molar-refractivity contribution >= 4 is 22.3 Å². The Kier molecular flexibility index (Phi) is 8.27. The van der Waals surface area contributed by atoms with Crippen LogP contribution in [0.5, 0.6) is 11.8 Å². The van der Waals surface area contributed by atoms with Gasteiger partial charge in [-0.1, -0.05) is 6.08 Å². The third-order valence-electron chi connectivity index (χ3n) is 5.64. The van der Waals surface area contributed by atoms with Crippen LogP contribution in [0.3, 0.4) is 0 Å². The number of halogens is 2. The standard InChI is InChI=1S/C27H28F2N6O3/c1-4-37-27-32-16-19-14-22(17-5-10-23(30)18(13-17)15-31-11-12-34(2)3)25(36)35(24(19)33-27)20-6-8-21(9-7-20)38-26(28)29/h5-10,13-16,26,30-31H,4,11-12H2,1-3H3/b18-15-,30-23?. The van der Waals surface area contributed by atoms with Gasteiger partial charge in [-0.3, -0.25) is 9.36 Å². The van der Waals surface area contributed by atoms with Crippen LogP contribution in [0.1, 0.15) is 12.5 Å². The minimum atomic E-state index is -2.96. The van der Waals surface area contributed by atoms with Crippen LogP contribution in [0.25, 0.3) is 22.3 Å². The summed E-state index contributed by atoms with van der Waals surface area (Å²) in [6.45, 7) is 0.700. The number of nitrogens with zero attached hydrogens (tertiary/aromatic N) is 4. The molecule has 11 heteroatoms. The first-order valence-corrected chi connectivity index (χ1v) is 11.9. The highest BCUT2D eigenvalue weighted by molar-refractivity contribution is 6.13. The first-order valence-electron chi connectivity index (χ1n) is 11.9. The summed E-state index contributed by atoms with van der Waals surface area (Å²) in [6, 6.07) is 7.53. The second kappa shape index (κ2) is 11.8. The van der Waals surface area contributed by atoms with Crippen LogP contribution < -0.4 is 20.3 Å². The topological polar surface area (TPSA) is 105 Å². The fourth-order valence-corrected chi connectivity index (χ4v) is 3.82. The van der Waals surface area contributed by atoms with Crippen molar-refractivity contribution in [2.24, 2.45) is 0 Å². The van der Waals surface area contributed by atoms with Crippen LogP contribution >= 0.6 is 0 Å². The van der Waals surface area contributed by atoms with Gasteiger partial charge in [-0.2, -0.15) is 13.8 Å². The quantitative estimate of drug-likeness (QED) is 0.391. The molecule has 0 saturated carbocycles. The van der Waals surface area contributed by atoms with Crippen molar-refractivity contribution in [1.29, 1.82) is 5.41 Å². The van der Waals surface area contributed by atoms with Crippen LogP contribution in [-0.2, 0) is 0 Å². The Balaban J connectivity index is 1.83. The Hall–Kier alpha value is -4.38. The molecule has 38 heavy (non-hydrogen) atoms. The number of ether oxygens (including phenoxy) is 2. The van der Waals surface area contributed by atoms with E-state index in [2.05, 4.69) is 20.0 Å². The minimum absolute atomic E-state index is 0.0325. The molecule has 2 heterocycles. The van der Waals surface area contributed by atoms with Gasteiger partial charge in [-0.05, 0) is 69.1 Å². The molecule has 1 aliphatic carbocycles. The van der Waals surface area contributed by atoms with Crippen molar-refractivity contribution in [1.82, 2.24) is 24.8 Å². The molecule has 0 unspecified atom stereocenters. The summed E-state index contributed by atoms with van der Waals surface area (Å²) in [5.74, 6) is -0.0325. The minimum Gasteiger partial charge on any atom is -0.464 e. The first kappa shape index (κ1) is 26.7. The van der Waals surface area contributed by atoms with Gasteiger partial charge in [0.05, 0.1) is 18.0 Å². The van der Waals surface area contributed by atoms with Gasteiger partial charge in [-0.25, -0.2) is 4.98 Å². The third-order valence-corrected chi connectivity index (χ3v) is 5.64. The molecule has 198 valence electrons. The van der Waals surface area contributed by atoms with E-state index in [-0.39, 0.29) is 17.3 Å². The highest BCUT2D eigenvalue weighted by atomic mass is 19.3. The van der Waals surface area contributed by atoms with E-state index in [4.69, 9.17) is 10.1 Å². The van der Waals surface area contributed by atoms with Gasteiger partial charge in [0.15, 0.2) is 5.65 Å². The van der Waals surface area contributed by atoms with E-state index in [1.54, 1.807) is 43.6 Å². The summed E-state index contributed by atoms with van der Waals surface area (Å²) in [5, 5.41) is 12.1. The monoisotopic (exact) mass is 522 g/mol. The molecule has 4 rings (SSSR count). The molecule has 0 fully saturated rings. The van der Waals surface area contributed by atoms with Crippen molar-refractivity contribution in [3.8, 4) is 17.4 Å². The molecule has 0 atom stereocenters. The normalized spacial score (nSPS) is 14.4. The number of benzene rings is 1. The lowest BCUT2D eigenvalue weighted by molar-refractivity contribution is -0.0498. The lowest BCUT2D eigenvalue weighted by atomic mass is 9.95. The van der Waals surface area contributed by atoms with Gasteiger partial charge in [-0.15, -0.1) is 0 Å². The fraction of sp³-hybridized carbons (Fsp3) is 0.259. The Morgan fingerprint density at radius 3 is 2.66 bits per heavy atom. The van der Waals surface area contributed by atoms with E-state index in [9.17, 15) is 13.6 Å². The molecule has 2 aromatic heterocycles. The number of likely N-dealkylation sites (N-methyl/N-ethyl adjacent to an activating group) is 1. The molecule has 0 saturated heterocycles. The predicted octanol–water partition coefficient (Wildman–Crippen LogP) is 3.79. The van der Waals surface area contributed by atoms with Crippen molar-refractivity contribution in [3.63, 3.8) is 0 Å². The number of aromatic nitrogens is 3. The lowest BCUT2D eigenvalue weighted by Crippen LogP contribution is -2.24. The number of pyridine rings is 1. The van der Waals surface area contributed by atoms with Gasteiger partial charge in [0, 0.05) is 42.0 Å². The van der Waals surface area contributed by atoms with Crippen molar-refractivity contribution in [2.45, 2.75) is 13.5 Å². The molecule has 9 nitrogen and oxygen atoms in total. The van der Waals surface area contributed by atoms with E-state index in [0.717, 1.165) is 6.54 Å². The number of nitrogens with one attached hydrogen (secondary N) is 2. The zero-order chi connectivity index (χ0) is 27.2. The highest BCUT2D eigenvalue weighted by Gasteiger charge is 2.18. The van der Waals surface area contributed by atoms with Crippen LogP contribution in [0.4, 0.5) is 8.78 Å². The van der Waals surface area contributed by atoms with Crippen molar-refractivity contribution < 1.29 is 18.3 Å². The molecule has 0 bridgehead atoms. The maximum Gasteiger partial charge on any atom is 0.387 e. The van der Waals surface area contributed by atoms with Gasteiger partial charge < -0.3 is 25.1 Å². The summed E-state index contributed by atoms with van der Waals surface area (Å²) in [7, 11) is 3.95. The van der Waals surface area contributed by atoms with Crippen molar-refractivity contribution in [3.05, 3.63) is 82.4 Å². The van der Waals surface area contributed by atoms with Gasteiger partial charge in [0.1, 0.15) is 5.75 Å². The molecular weight excluding hydrogens is 494 g/mol. The molecule has 0 radical (unpaired) electrons. The number of rotatable bonds is 10. The van der Waals surface area contributed by atoms with E-state index in [1.807, 2.05) is 19.0 Å². The number of fused-ring (bicyclic) bond motifs is 1. The molecule has 0 amide bonds. The Labute approximate surface area is 218 Å². The Bertz CT molecular complexity index is 1480. The number of allylic oxidation sites excluding steroid dienone is 5. The summed E-state index contributed by atoms with van der Waals surface area (Å²) in [4.78, 5) is 24.6. The number of hydrogen-bond donors (Lipinski definition) is 2. The average Bonchev–Trinajstić information content (AvgIpc) is 2.88. The summed E-state index contributed by atoms with van der Waals surface area (Å²) in [5.41, 5.74) is 2.23. The lowest BCUT2D eigenvalue weighted by Gasteiger charge is -2.16.